The van der Waals surface area contributed by atoms with E-state index in [0.717, 1.165) is 38.6 Å². The normalized spacial score (nSPS) is 8.00. The SMILES string of the molecule is CCC.[Au].[Au].[CH2-]C.[CH2-]C.[CH2-]CCCCCCNC(=O)CCCCC(=O)NC[CH2-]. The topological polar surface area (TPSA) is 58.2 Å². The Labute approximate surface area is 208 Å². The molecule has 0 atom stereocenters. The number of amides is 2. The molecule has 182 valence electrons. The molecule has 0 heterocycles. The van der Waals surface area contributed by atoms with Crippen molar-refractivity contribution in [3.05, 3.63) is 27.7 Å². The molecule has 0 rings (SSSR count). The van der Waals surface area contributed by atoms with Crippen LogP contribution in [0.1, 0.15) is 91.9 Å². The van der Waals surface area contributed by atoms with Crippen LogP contribution in [-0.2, 0) is 54.3 Å². The van der Waals surface area contributed by atoms with Crippen molar-refractivity contribution in [2.45, 2.75) is 91.9 Å². The van der Waals surface area contributed by atoms with E-state index < -0.39 is 0 Å². The van der Waals surface area contributed by atoms with Crippen molar-refractivity contribution in [3.63, 3.8) is 0 Å². The van der Waals surface area contributed by atoms with Gasteiger partial charge in [0.25, 0.3) is 0 Å². The molecule has 0 bridgehead atoms. The summed E-state index contributed by atoms with van der Waals surface area (Å²) < 4.78 is 0. The maximum absolute atomic E-state index is 11.5. The Hall–Kier alpha value is 0.421. The molecule has 28 heavy (non-hydrogen) atoms. The number of nitrogens with one attached hydrogen (secondary N) is 2. The van der Waals surface area contributed by atoms with Gasteiger partial charge in [-0.15, -0.1) is 6.54 Å². The van der Waals surface area contributed by atoms with Gasteiger partial charge >= 0.3 is 0 Å². The van der Waals surface area contributed by atoms with Crippen LogP contribution >= 0.6 is 0 Å². The summed E-state index contributed by atoms with van der Waals surface area (Å²) in [5.74, 6) is 0.107. The van der Waals surface area contributed by atoms with Crippen molar-refractivity contribution >= 4 is 11.8 Å². The molecule has 0 saturated heterocycles. The number of carbonyl (C=O) groups is 2. The number of carbonyl (C=O) groups excluding carboxylic acids is 2. The molecule has 0 aromatic heterocycles. The van der Waals surface area contributed by atoms with Crippen LogP contribution in [0.5, 0.6) is 0 Å². The Bertz CT molecular complexity index is 267. The first-order valence-corrected chi connectivity index (χ1v) is 10.2. The average Bonchev–Trinajstić information content (AvgIpc) is 2.66. The summed E-state index contributed by atoms with van der Waals surface area (Å²) in [6, 6.07) is 0. The number of hydrogen-bond donors (Lipinski definition) is 2. The van der Waals surface area contributed by atoms with Crippen LogP contribution in [0.15, 0.2) is 0 Å². The van der Waals surface area contributed by atoms with Gasteiger partial charge in [-0.1, -0.05) is 39.5 Å². The summed E-state index contributed by atoms with van der Waals surface area (Å²) in [5.41, 5.74) is 0. The Morgan fingerprint density at radius 2 is 1.07 bits per heavy atom. The Morgan fingerprint density at radius 1 is 0.679 bits per heavy atom. The zero-order valence-corrected chi connectivity index (χ0v) is 23.1. The molecular formula is C22H46Au2N2O2-4. The van der Waals surface area contributed by atoms with E-state index in [0.29, 0.717) is 19.4 Å². The fraction of sp³-hybridized carbons (Fsp3) is 0.727. The van der Waals surface area contributed by atoms with Crippen molar-refractivity contribution in [1.82, 2.24) is 10.6 Å². The van der Waals surface area contributed by atoms with E-state index in [1.54, 1.807) is 13.8 Å². The first-order chi connectivity index (χ1) is 12.6. The Balaban J connectivity index is -0.000000119. The van der Waals surface area contributed by atoms with E-state index >= 15 is 0 Å². The van der Waals surface area contributed by atoms with E-state index in [9.17, 15) is 9.59 Å². The second-order valence-electron chi connectivity index (χ2n) is 5.38. The fourth-order valence-electron chi connectivity index (χ4n) is 1.77. The van der Waals surface area contributed by atoms with Gasteiger partial charge in [-0.05, 0) is 19.3 Å². The largest absolute Gasteiger partial charge is 0.386 e. The van der Waals surface area contributed by atoms with E-state index in [1.807, 2.05) is 0 Å². The average molecular weight is 765 g/mol. The van der Waals surface area contributed by atoms with Gasteiger partial charge in [0.1, 0.15) is 0 Å². The Kier molecular flexibility index (Phi) is 69.7. The molecule has 0 aliphatic heterocycles. The molecule has 0 aliphatic carbocycles. The van der Waals surface area contributed by atoms with Crippen LogP contribution in [0.2, 0.25) is 0 Å². The monoisotopic (exact) mass is 764 g/mol. The zero-order chi connectivity index (χ0) is 21.1. The fourth-order valence-corrected chi connectivity index (χ4v) is 1.77. The van der Waals surface area contributed by atoms with Crippen molar-refractivity contribution in [2.75, 3.05) is 13.1 Å². The summed E-state index contributed by atoms with van der Waals surface area (Å²) in [6.07, 6.45) is 9.31. The van der Waals surface area contributed by atoms with Crippen molar-refractivity contribution in [2.24, 2.45) is 0 Å². The zero-order valence-electron chi connectivity index (χ0n) is 18.7. The second-order valence-corrected chi connectivity index (χ2v) is 5.38. The van der Waals surface area contributed by atoms with E-state index in [4.69, 9.17) is 0 Å². The molecule has 0 aromatic rings. The molecule has 0 spiro atoms. The first kappa shape index (κ1) is 42.5. The van der Waals surface area contributed by atoms with Gasteiger partial charge in [0.15, 0.2) is 0 Å². The minimum atomic E-state index is 0. The van der Waals surface area contributed by atoms with E-state index in [2.05, 4.69) is 52.2 Å². The van der Waals surface area contributed by atoms with E-state index in [1.165, 1.54) is 19.3 Å². The van der Waals surface area contributed by atoms with Crippen molar-refractivity contribution < 1.29 is 54.3 Å². The number of unbranched alkanes of at least 4 members (excludes halogenated alkanes) is 5. The van der Waals surface area contributed by atoms with Crippen LogP contribution in [-0.4, -0.2) is 24.9 Å². The molecule has 0 unspecified atom stereocenters. The van der Waals surface area contributed by atoms with Gasteiger partial charge in [0.05, 0.1) is 0 Å². The van der Waals surface area contributed by atoms with Crippen molar-refractivity contribution in [3.8, 4) is 0 Å². The third-order valence-electron chi connectivity index (χ3n) is 2.88. The predicted octanol–water partition coefficient (Wildman–Crippen LogP) is 5.49. The minimum absolute atomic E-state index is 0. The summed E-state index contributed by atoms with van der Waals surface area (Å²) in [7, 11) is 0. The molecule has 0 saturated carbocycles. The van der Waals surface area contributed by atoms with Crippen LogP contribution in [0.4, 0.5) is 0 Å². The minimum Gasteiger partial charge on any atom is -0.386 e. The Morgan fingerprint density at radius 3 is 1.46 bits per heavy atom. The molecule has 0 fully saturated rings. The molecule has 2 N–H and O–H groups in total. The van der Waals surface area contributed by atoms with Gasteiger partial charge in [-0.25, -0.2) is 0 Å². The number of hydrogen-bond acceptors (Lipinski definition) is 2. The molecule has 0 aliphatic rings. The molecule has 2 radical (unpaired) electrons. The van der Waals surface area contributed by atoms with Gasteiger partial charge in [0.2, 0.25) is 11.8 Å². The third-order valence-corrected chi connectivity index (χ3v) is 2.88. The summed E-state index contributed by atoms with van der Waals surface area (Å²) in [4.78, 5) is 22.6. The third kappa shape index (κ3) is 50.3. The molecule has 2 amide bonds. The second kappa shape index (κ2) is 45.9. The van der Waals surface area contributed by atoms with Gasteiger partial charge in [-0.3, -0.25) is 9.59 Å². The van der Waals surface area contributed by atoms with Crippen LogP contribution in [0, 0.1) is 27.7 Å². The summed E-state index contributed by atoms with van der Waals surface area (Å²) >= 11 is 0. The molecule has 0 aromatic carbocycles. The van der Waals surface area contributed by atoms with Crippen LogP contribution in [0.3, 0.4) is 0 Å². The van der Waals surface area contributed by atoms with E-state index in [-0.39, 0.29) is 56.6 Å². The van der Waals surface area contributed by atoms with Crippen LogP contribution < -0.4 is 10.6 Å². The quantitative estimate of drug-likeness (QED) is 0.157. The maximum Gasteiger partial charge on any atom is 0.219 e. The summed E-state index contributed by atoms with van der Waals surface area (Å²) in [5, 5.41) is 5.54. The molecular weight excluding hydrogens is 718 g/mol. The smallest absolute Gasteiger partial charge is 0.219 e. The van der Waals surface area contributed by atoms with Crippen LogP contribution in [0.25, 0.3) is 0 Å². The molecule has 4 nitrogen and oxygen atoms in total. The number of rotatable bonds is 12. The predicted molar refractivity (Wildman–Crippen MR) is 116 cm³/mol. The van der Waals surface area contributed by atoms with Gasteiger partial charge < -0.3 is 38.3 Å². The maximum atomic E-state index is 11.5. The molecule has 6 heteroatoms. The van der Waals surface area contributed by atoms with Gasteiger partial charge in [0, 0.05) is 64.1 Å². The van der Waals surface area contributed by atoms with Crippen molar-refractivity contribution in [1.29, 1.82) is 0 Å². The van der Waals surface area contributed by atoms with Gasteiger partial charge in [-0.2, -0.15) is 20.3 Å². The standard InChI is InChI=1S/C15H28N2O2.C3H8.2C2H5.2Au/c1-3-5-6-7-10-13-17-15(19)12-9-8-11-14(18)16-4-2;1-3-2;2*1-2;;/h1-13H2,(H,16,18)(H,17,19);3H2,1-2H3;2*1H2,2H3;;/q-2;;2*-1;;. The first-order valence-electron chi connectivity index (χ1n) is 10.2. The summed E-state index contributed by atoms with van der Waals surface area (Å²) in [6.45, 7) is 22.8.